The predicted molar refractivity (Wildman–Crippen MR) is 88.9 cm³/mol. The minimum absolute atomic E-state index is 0.185. The van der Waals surface area contributed by atoms with Crippen molar-refractivity contribution in [2.24, 2.45) is 0 Å². The van der Waals surface area contributed by atoms with Gasteiger partial charge >= 0.3 is 0 Å². The number of fused-ring (bicyclic) bond motifs is 3. The van der Waals surface area contributed by atoms with Crippen LogP contribution in [0.4, 0.5) is 0 Å². The van der Waals surface area contributed by atoms with Crippen LogP contribution in [-0.4, -0.2) is 10.4 Å². The van der Waals surface area contributed by atoms with Crippen LogP contribution in [0.1, 0.15) is 30.1 Å². The Labute approximate surface area is 124 Å². The number of aromatic nitrogens is 1. The highest BCUT2D eigenvalue weighted by Gasteiger charge is 2.12. The number of rotatable bonds is 5. The van der Waals surface area contributed by atoms with Gasteiger partial charge in [0, 0.05) is 40.3 Å². The molecule has 3 rings (SSSR count). The molecule has 2 heteroatoms. The van der Waals surface area contributed by atoms with E-state index in [-0.39, 0.29) is 5.78 Å². The molecule has 0 saturated carbocycles. The molecule has 0 atom stereocenters. The van der Waals surface area contributed by atoms with E-state index in [1.165, 1.54) is 16.4 Å². The minimum Gasteiger partial charge on any atom is -0.341 e. The summed E-state index contributed by atoms with van der Waals surface area (Å²) in [6.07, 6.45) is 3.05. The fraction of sp³-hybridized carbons (Fsp3) is 0.211. The summed E-state index contributed by atoms with van der Waals surface area (Å²) in [5, 5.41) is 2.38. The summed E-state index contributed by atoms with van der Waals surface area (Å²) < 4.78 is 2.29. The number of nitrogens with zero attached hydrogens (tertiary/aromatic N) is 1. The number of hydrogen-bond acceptors (Lipinski definition) is 1. The summed E-state index contributed by atoms with van der Waals surface area (Å²) in [6.45, 7) is 6.75. The number of Topliss-reactive ketones (excluding diaryl/α,β-unsaturated/α-hetero) is 1. The number of benzene rings is 2. The summed E-state index contributed by atoms with van der Waals surface area (Å²) in [4.78, 5) is 12.2. The van der Waals surface area contributed by atoms with E-state index in [1.54, 1.807) is 6.08 Å². The third-order valence-corrected chi connectivity index (χ3v) is 3.99. The fourth-order valence-electron chi connectivity index (χ4n) is 2.95. The Balaban J connectivity index is 2.19. The fourth-order valence-corrected chi connectivity index (χ4v) is 2.95. The smallest absolute Gasteiger partial charge is 0.163 e. The Morgan fingerprint density at radius 2 is 1.90 bits per heavy atom. The van der Waals surface area contributed by atoms with Crippen LogP contribution in [0.3, 0.4) is 0 Å². The van der Waals surface area contributed by atoms with Crippen molar-refractivity contribution in [2.75, 3.05) is 0 Å². The van der Waals surface area contributed by atoms with Crippen LogP contribution in [0.15, 0.2) is 55.1 Å². The van der Waals surface area contributed by atoms with Crippen molar-refractivity contribution in [2.45, 2.75) is 26.3 Å². The second kappa shape index (κ2) is 5.57. The third kappa shape index (κ3) is 2.27. The van der Waals surface area contributed by atoms with Gasteiger partial charge in [-0.25, -0.2) is 0 Å². The lowest BCUT2D eigenvalue weighted by atomic mass is 10.0. The highest BCUT2D eigenvalue weighted by molar-refractivity contribution is 6.10. The standard InChI is InChI=1S/C19H19NO/c1-3-5-10-19(21)14-11-12-18-16(13-14)15-8-6-7-9-17(15)20(18)4-2/h3,6-9,11-13H,1,4-5,10H2,2H3. The minimum atomic E-state index is 0.185. The lowest BCUT2D eigenvalue weighted by molar-refractivity contribution is 0.0984. The molecule has 0 aliphatic rings. The lowest BCUT2D eigenvalue weighted by Crippen LogP contribution is -1.98. The monoisotopic (exact) mass is 277 g/mol. The first-order valence-electron chi connectivity index (χ1n) is 7.41. The summed E-state index contributed by atoms with van der Waals surface area (Å²) >= 11 is 0. The van der Waals surface area contributed by atoms with Crippen molar-refractivity contribution in [1.29, 1.82) is 0 Å². The molecular weight excluding hydrogens is 258 g/mol. The Morgan fingerprint density at radius 3 is 2.67 bits per heavy atom. The van der Waals surface area contributed by atoms with Gasteiger partial charge < -0.3 is 4.57 Å². The molecule has 106 valence electrons. The maximum Gasteiger partial charge on any atom is 0.163 e. The molecule has 0 amide bonds. The Hall–Kier alpha value is -2.35. The van der Waals surface area contributed by atoms with Crippen LogP contribution < -0.4 is 0 Å². The maximum atomic E-state index is 12.2. The van der Waals surface area contributed by atoms with Gasteiger partial charge in [-0.1, -0.05) is 24.3 Å². The predicted octanol–water partition coefficient (Wildman–Crippen LogP) is 4.96. The van der Waals surface area contributed by atoms with E-state index < -0.39 is 0 Å². The molecular formula is C19H19NO. The van der Waals surface area contributed by atoms with Crippen molar-refractivity contribution >= 4 is 27.6 Å². The van der Waals surface area contributed by atoms with Crippen LogP contribution in [0.25, 0.3) is 21.8 Å². The zero-order valence-corrected chi connectivity index (χ0v) is 12.3. The second-order valence-corrected chi connectivity index (χ2v) is 5.24. The number of allylic oxidation sites excluding steroid dienone is 1. The highest BCUT2D eigenvalue weighted by atomic mass is 16.1. The summed E-state index contributed by atoms with van der Waals surface area (Å²) in [7, 11) is 0. The van der Waals surface area contributed by atoms with Gasteiger partial charge in [-0.2, -0.15) is 0 Å². The molecule has 2 aromatic carbocycles. The first-order valence-corrected chi connectivity index (χ1v) is 7.41. The Kier molecular flexibility index (Phi) is 3.61. The zero-order chi connectivity index (χ0) is 14.8. The largest absolute Gasteiger partial charge is 0.341 e. The van der Waals surface area contributed by atoms with E-state index in [4.69, 9.17) is 0 Å². The van der Waals surface area contributed by atoms with Gasteiger partial charge in [-0.05, 0) is 37.6 Å². The number of carbonyl (C=O) groups is 1. The number of ketones is 1. The Morgan fingerprint density at radius 1 is 1.14 bits per heavy atom. The van der Waals surface area contributed by atoms with Crippen molar-refractivity contribution in [3.63, 3.8) is 0 Å². The van der Waals surface area contributed by atoms with Crippen LogP contribution >= 0.6 is 0 Å². The number of hydrogen-bond donors (Lipinski definition) is 0. The molecule has 21 heavy (non-hydrogen) atoms. The molecule has 0 aliphatic heterocycles. The molecule has 0 aliphatic carbocycles. The van der Waals surface area contributed by atoms with Gasteiger partial charge in [0.05, 0.1) is 0 Å². The van der Waals surface area contributed by atoms with Crippen molar-refractivity contribution < 1.29 is 4.79 Å². The third-order valence-electron chi connectivity index (χ3n) is 3.99. The van der Waals surface area contributed by atoms with Crippen LogP contribution in [-0.2, 0) is 6.54 Å². The average molecular weight is 277 g/mol. The second-order valence-electron chi connectivity index (χ2n) is 5.24. The number of para-hydroxylation sites is 1. The zero-order valence-electron chi connectivity index (χ0n) is 12.3. The van der Waals surface area contributed by atoms with Gasteiger partial charge in [-0.3, -0.25) is 4.79 Å². The van der Waals surface area contributed by atoms with Gasteiger partial charge in [-0.15, -0.1) is 6.58 Å². The lowest BCUT2D eigenvalue weighted by Gasteiger charge is -2.03. The molecule has 1 heterocycles. The molecule has 0 bridgehead atoms. The quantitative estimate of drug-likeness (QED) is 0.477. The molecule has 0 saturated heterocycles. The number of aryl methyl sites for hydroxylation is 1. The maximum absolute atomic E-state index is 12.2. The van der Waals surface area contributed by atoms with Gasteiger partial charge in [0.25, 0.3) is 0 Å². The molecule has 0 N–H and O–H groups in total. The van der Waals surface area contributed by atoms with Gasteiger partial charge in [0.2, 0.25) is 0 Å². The molecule has 1 aromatic heterocycles. The van der Waals surface area contributed by atoms with Gasteiger partial charge in [0.1, 0.15) is 0 Å². The van der Waals surface area contributed by atoms with Crippen LogP contribution in [0.5, 0.6) is 0 Å². The van der Waals surface area contributed by atoms with Crippen LogP contribution in [0, 0.1) is 0 Å². The molecule has 0 radical (unpaired) electrons. The van der Waals surface area contributed by atoms with E-state index in [1.807, 2.05) is 18.2 Å². The van der Waals surface area contributed by atoms with E-state index >= 15 is 0 Å². The first kappa shape index (κ1) is 13.6. The van der Waals surface area contributed by atoms with E-state index in [0.717, 1.165) is 23.9 Å². The molecule has 3 aromatic rings. The molecule has 2 nitrogen and oxygen atoms in total. The summed E-state index contributed by atoms with van der Waals surface area (Å²) in [5.74, 6) is 0.185. The summed E-state index contributed by atoms with van der Waals surface area (Å²) in [5.41, 5.74) is 3.22. The van der Waals surface area contributed by atoms with Crippen molar-refractivity contribution in [3.8, 4) is 0 Å². The SMILES string of the molecule is C=CCCC(=O)c1ccc2c(c1)c1ccccc1n2CC. The van der Waals surface area contributed by atoms with Gasteiger partial charge in [0.15, 0.2) is 5.78 Å². The topological polar surface area (TPSA) is 22.0 Å². The molecule has 0 fully saturated rings. The Bertz CT molecular complexity index is 826. The van der Waals surface area contributed by atoms with Crippen molar-refractivity contribution in [3.05, 3.63) is 60.7 Å². The normalized spacial score (nSPS) is 11.1. The van der Waals surface area contributed by atoms with E-state index in [2.05, 4.69) is 42.3 Å². The van der Waals surface area contributed by atoms with E-state index in [0.29, 0.717) is 6.42 Å². The summed E-state index contributed by atoms with van der Waals surface area (Å²) in [6, 6.07) is 14.4. The highest BCUT2D eigenvalue weighted by Crippen LogP contribution is 2.30. The first-order chi connectivity index (χ1) is 10.3. The van der Waals surface area contributed by atoms with Crippen LogP contribution in [0.2, 0.25) is 0 Å². The van der Waals surface area contributed by atoms with Crippen molar-refractivity contribution in [1.82, 2.24) is 4.57 Å². The number of carbonyl (C=O) groups excluding carboxylic acids is 1. The molecule has 0 spiro atoms. The average Bonchev–Trinajstić information content (AvgIpc) is 2.85. The van der Waals surface area contributed by atoms with E-state index in [9.17, 15) is 4.79 Å². The molecule has 0 unspecified atom stereocenters.